The van der Waals surface area contributed by atoms with Gasteiger partial charge in [-0.25, -0.2) is 4.79 Å². The predicted molar refractivity (Wildman–Crippen MR) is 85.2 cm³/mol. The largest absolute Gasteiger partial charge is 0.369 e. The van der Waals surface area contributed by atoms with E-state index in [0.717, 1.165) is 10.0 Å². The molecule has 1 aromatic rings. The maximum absolute atomic E-state index is 12.0. The van der Waals surface area contributed by atoms with E-state index < -0.39 is 0 Å². The van der Waals surface area contributed by atoms with Gasteiger partial charge < -0.3 is 16.0 Å². The summed E-state index contributed by atoms with van der Waals surface area (Å²) < 4.78 is 1.01. The van der Waals surface area contributed by atoms with Gasteiger partial charge in [-0.1, -0.05) is 28.1 Å². The molecule has 0 bridgehead atoms. The number of hydrogen-bond acceptors (Lipinski definition) is 2. The summed E-state index contributed by atoms with van der Waals surface area (Å²) in [6, 6.07) is 7.63. The van der Waals surface area contributed by atoms with Gasteiger partial charge in [-0.2, -0.15) is 0 Å². The quantitative estimate of drug-likeness (QED) is 0.876. The molecular weight excluding hydrogens is 334 g/mol. The molecule has 0 unspecified atom stereocenters. The van der Waals surface area contributed by atoms with E-state index in [9.17, 15) is 9.59 Å². The van der Waals surface area contributed by atoms with Crippen molar-refractivity contribution in [3.63, 3.8) is 0 Å². The van der Waals surface area contributed by atoms with Crippen molar-refractivity contribution in [1.29, 1.82) is 0 Å². The molecule has 0 aromatic heterocycles. The molecule has 0 atom stereocenters. The minimum absolute atomic E-state index is 0.104. The number of carbonyl (C=O) groups is 2. The number of benzene rings is 1. The van der Waals surface area contributed by atoms with E-state index in [1.807, 2.05) is 30.3 Å². The zero-order chi connectivity index (χ0) is 15.2. The fourth-order valence-electron chi connectivity index (χ4n) is 2.24. The zero-order valence-corrected chi connectivity index (χ0v) is 13.2. The summed E-state index contributed by atoms with van der Waals surface area (Å²) in [6.07, 6.45) is 4.74. The monoisotopic (exact) mass is 351 g/mol. The van der Waals surface area contributed by atoms with Crippen LogP contribution in [0.3, 0.4) is 0 Å². The van der Waals surface area contributed by atoms with Crippen LogP contribution in [0, 0.1) is 5.92 Å². The van der Waals surface area contributed by atoms with Gasteiger partial charge in [-0.15, -0.1) is 0 Å². The van der Waals surface area contributed by atoms with E-state index in [1.165, 1.54) is 0 Å². The van der Waals surface area contributed by atoms with E-state index in [2.05, 4.69) is 21.2 Å². The first kappa shape index (κ1) is 15.6. The van der Waals surface area contributed by atoms with Crippen molar-refractivity contribution in [2.75, 3.05) is 13.1 Å². The molecule has 112 valence electrons. The number of likely N-dealkylation sites (tertiary alicyclic amines) is 1. The fraction of sp³-hybridized carbons (Fsp3) is 0.333. The predicted octanol–water partition coefficient (Wildman–Crippen LogP) is 2.33. The molecule has 1 fully saturated rings. The Morgan fingerprint density at radius 2 is 1.86 bits per heavy atom. The number of nitrogens with one attached hydrogen (secondary N) is 1. The van der Waals surface area contributed by atoms with E-state index in [4.69, 9.17) is 5.73 Å². The van der Waals surface area contributed by atoms with Gasteiger partial charge in [-0.3, -0.25) is 4.79 Å². The number of hydrogen-bond donors (Lipinski definition) is 2. The number of rotatable bonds is 3. The van der Waals surface area contributed by atoms with Crippen LogP contribution in [0.2, 0.25) is 0 Å². The number of nitrogens with two attached hydrogens (primary N) is 1. The lowest BCUT2D eigenvalue weighted by molar-refractivity contribution is -0.122. The van der Waals surface area contributed by atoms with Crippen LogP contribution in [0.15, 0.2) is 34.9 Å². The van der Waals surface area contributed by atoms with Crippen LogP contribution in [0.25, 0.3) is 6.08 Å². The third kappa shape index (κ3) is 4.60. The molecule has 0 aliphatic carbocycles. The number of urea groups is 1. The van der Waals surface area contributed by atoms with Crippen molar-refractivity contribution in [2.24, 2.45) is 11.7 Å². The molecule has 0 radical (unpaired) electrons. The fourth-order valence-corrected chi connectivity index (χ4v) is 2.51. The molecule has 2 rings (SSSR count). The van der Waals surface area contributed by atoms with Gasteiger partial charge in [-0.05, 0) is 36.6 Å². The number of nitrogens with zero attached hydrogens (tertiary/aromatic N) is 1. The van der Waals surface area contributed by atoms with Crippen LogP contribution in [0.5, 0.6) is 0 Å². The smallest absolute Gasteiger partial charge is 0.321 e. The molecule has 1 aliphatic rings. The molecular formula is C15H18BrN3O2. The van der Waals surface area contributed by atoms with Crippen molar-refractivity contribution in [2.45, 2.75) is 12.8 Å². The summed E-state index contributed by atoms with van der Waals surface area (Å²) in [5, 5.41) is 2.74. The number of primary amides is 1. The van der Waals surface area contributed by atoms with Gasteiger partial charge in [0.25, 0.3) is 0 Å². The first-order valence-corrected chi connectivity index (χ1v) is 7.62. The van der Waals surface area contributed by atoms with Crippen LogP contribution in [-0.2, 0) is 4.79 Å². The van der Waals surface area contributed by atoms with Gasteiger partial charge in [0.2, 0.25) is 5.91 Å². The summed E-state index contributed by atoms with van der Waals surface area (Å²) in [7, 11) is 0. The molecule has 21 heavy (non-hydrogen) atoms. The molecule has 1 saturated heterocycles. The molecule has 1 aromatic carbocycles. The van der Waals surface area contributed by atoms with Gasteiger partial charge in [0.05, 0.1) is 0 Å². The van der Waals surface area contributed by atoms with E-state index in [1.54, 1.807) is 11.1 Å². The number of carbonyl (C=O) groups excluding carboxylic acids is 2. The van der Waals surface area contributed by atoms with E-state index in [0.29, 0.717) is 25.9 Å². The Kier molecular flexibility index (Phi) is 5.38. The van der Waals surface area contributed by atoms with Crippen LogP contribution in [-0.4, -0.2) is 29.9 Å². The Labute approximate surface area is 132 Å². The third-order valence-corrected chi connectivity index (χ3v) is 4.07. The SMILES string of the molecule is NC(=O)C1CCN(C(=O)N/C=C/c2ccc(Br)cc2)CC1. The number of piperidine rings is 1. The molecule has 1 aliphatic heterocycles. The normalized spacial score (nSPS) is 16.1. The van der Waals surface area contributed by atoms with Crippen molar-refractivity contribution in [1.82, 2.24) is 10.2 Å². The van der Waals surface area contributed by atoms with Gasteiger partial charge in [0.1, 0.15) is 0 Å². The minimum Gasteiger partial charge on any atom is -0.369 e. The van der Waals surface area contributed by atoms with E-state index >= 15 is 0 Å². The second-order valence-electron chi connectivity index (χ2n) is 5.00. The highest BCUT2D eigenvalue weighted by Gasteiger charge is 2.25. The summed E-state index contributed by atoms with van der Waals surface area (Å²) in [5.41, 5.74) is 6.28. The second kappa shape index (κ2) is 7.26. The summed E-state index contributed by atoms with van der Waals surface area (Å²) >= 11 is 3.37. The molecule has 0 saturated carbocycles. The highest BCUT2D eigenvalue weighted by atomic mass is 79.9. The number of amides is 3. The molecule has 6 heteroatoms. The maximum atomic E-state index is 12.0. The zero-order valence-electron chi connectivity index (χ0n) is 11.6. The Bertz CT molecular complexity index is 534. The second-order valence-corrected chi connectivity index (χ2v) is 5.91. The molecule has 3 N–H and O–H groups in total. The average Bonchev–Trinajstić information content (AvgIpc) is 2.49. The van der Waals surface area contributed by atoms with Crippen LogP contribution in [0.4, 0.5) is 4.79 Å². The topological polar surface area (TPSA) is 75.4 Å². The lowest BCUT2D eigenvalue weighted by atomic mass is 9.96. The number of halogens is 1. The highest BCUT2D eigenvalue weighted by molar-refractivity contribution is 9.10. The van der Waals surface area contributed by atoms with Crippen LogP contribution >= 0.6 is 15.9 Å². The van der Waals surface area contributed by atoms with E-state index in [-0.39, 0.29) is 17.9 Å². The average molecular weight is 352 g/mol. The molecule has 5 nitrogen and oxygen atoms in total. The Balaban J connectivity index is 1.80. The summed E-state index contributed by atoms with van der Waals surface area (Å²) in [4.78, 5) is 24.7. The standard InChI is InChI=1S/C15H18BrN3O2/c16-13-3-1-11(2-4-13)5-8-18-15(21)19-9-6-12(7-10-19)14(17)20/h1-5,8,12H,6-7,9-10H2,(H2,17,20)(H,18,21)/b8-5+. The van der Waals surface area contributed by atoms with Gasteiger partial charge in [0, 0.05) is 29.7 Å². The summed E-state index contributed by atoms with van der Waals surface area (Å²) in [5.74, 6) is -0.377. The van der Waals surface area contributed by atoms with Gasteiger partial charge in [0.15, 0.2) is 0 Å². The first-order chi connectivity index (χ1) is 10.1. The lowest BCUT2D eigenvalue weighted by Crippen LogP contribution is -2.45. The van der Waals surface area contributed by atoms with Crippen LogP contribution < -0.4 is 11.1 Å². The molecule has 0 spiro atoms. The van der Waals surface area contributed by atoms with Crippen LogP contribution in [0.1, 0.15) is 18.4 Å². The van der Waals surface area contributed by atoms with Crippen molar-refractivity contribution >= 4 is 33.9 Å². The Hall–Kier alpha value is -1.82. The third-order valence-electron chi connectivity index (χ3n) is 3.54. The first-order valence-electron chi connectivity index (χ1n) is 6.83. The maximum Gasteiger partial charge on any atom is 0.321 e. The lowest BCUT2D eigenvalue weighted by Gasteiger charge is -2.30. The van der Waals surface area contributed by atoms with Crippen molar-refractivity contribution in [3.8, 4) is 0 Å². The summed E-state index contributed by atoms with van der Waals surface area (Å²) in [6.45, 7) is 1.12. The van der Waals surface area contributed by atoms with Gasteiger partial charge >= 0.3 is 6.03 Å². The molecule has 1 heterocycles. The van der Waals surface area contributed by atoms with Crippen molar-refractivity contribution < 1.29 is 9.59 Å². The minimum atomic E-state index is -0.273. The Morgan fingerprint density at radius 1 is 1.24 bits per heavy atom. The van der Waals surface area contributed by atoms with Crippen molar-refractivity contribution in [3.05, 3.63) is 40.5 Å². The highest BCUT2D eigenvalue weighted by Crippen LogP contribution is 2.16. The Morgan fingerprint density at radius 3 is 2.43 bits per heavy atom. The molecule has 3 amide bonds.